The molecule has 6 nitrogen and oxygen atoms in total. The summed E-state index contributed by atoms with van der Waals surface area (Å²) in [5, 5.41) is 9.97. The first-order valence-electron chi connectivity index (χ1n) is 9.15. The highest BCUT2D eigenvalue weighted by Gasteiger charge is 2.22. The number of aromatic nitrogens is 1. The van der Waals surface area contributed by atoms with Crippen LogP contribution in [0.4, 0.5) is 0 Å². The Balaban J connectivity index is 1.67. The predicted octanol–water partition coefficient (Wildman–Crippen LogP) is 3.34. The molecule has 0 amide bonds. The monoisotopic (exact) mass is 371 g/mol. The number of aryl methyl sites for hydroxylation is 2. The number of Topliss-reactive ketones (excluding diaryl/α,β-unsaturated/α-hetero) is 1. The summed E-state index contributed by atoms with van der Waals surface area (Å²) in [4.78, 5) is 24.8. The number of ketones is 1. The lowest BCUT2D eigenvalue weighted by Crippen LogP contribution is -2.18. The second kappa shape index (κ2) is 7.96. The molecule has 2 heterocycles. The number of hydrogen-bond acceptors (Lipinski definition) is 5. The van der Waals surface area contributed by atoms with Crippen LogP contribution in [-0.4, -0.2) is 40.7 Å². The smallest absolute Gasteiger partial charge is 0.342 e. The van der Waals surface area contributed by atoms with Gasteiger partial charge in [0.2, 0.25) is 5.78 Å². The van der Waals surface area contributed by atoms with Gasteiger partial charge in [0.15, 0.2) is 6.61 Å². The summed E-state index contributed by atoms with van der Waals surface area (Å²) in [5.41, 5.74) is 3.02. The van der Waals surface area contributed by atoms with Crippen molar-refractivity contribution in [2.24, 2.45) is 0 Å². The van der Waals surface area contributed by atoms with Gasteiger partial charge in [-0.2, -0.15) is 0 Å². The molecule has 0 bridgehead atoms. The SMILES string of the molecule is Cc1cccc(C(=O)OCC(=O)c2cc(C)n(CC3CCCO3)c2C)c1O. The molecule has 1 aliphatic rings. The summed E-state index contributed by atoms with van der Waals surface area (Å²) in [6.45, 7) is 6.69. The molecule has 1 fully saturated rings. The molecule has 144 valence electrons. The summed E-state index contributed by atoms with van der Waals surface area (Å²) in [7, 11) is 0. The van der Waals surface area contributed by atoms with Crippen LogP contribution in [0.15, 0.2) is 24.3 Å². The van der Waals surface area contributed by atoms with Crippen molar-refractivity contribution in [1.29, 1.82) is 0 Å². The van der Waals surface area contributed by atoms with E-state index >= 15 is 0 Å². The number of carbonyl (C=O) groups excluding carboxylic acids is 2. The maximum atomic E-state index is 12.6. The average Bonchev–Trinajstić information content (AvgIpc) is 3.25. The van der Waals surface area contributed by atoms with E-state index in [0.29, 0.717) is 11.1 Å². The third-order valence-electron chi connectivity index (χ3n) is 5.08. The Kier molecular flexibility index (Phi) is 5.65. The molecule has 27 heavy (non-hydrogen) atoms. The predicted molar refractivity (Wildman–Crippen MR) is 100 cm³/mol. The van der Waals surface area contributed by atoms with Crippen LogP contribution >= 0.6 is 0 Å². The highest BCUT2D eigenvalue weighted by atomic mass is 16.5. The van der Waals surface area contributed by atoms with Crippen molar-refractivity contribution >= 4 is 11.8 Å². The summed E-state index contributed by atoms with van der Waals surface area (Å²) >= 11 is 0. The molecule has 1 saturated heterocycles. The summed E-state index contributed by atoms with van der Waals surface area (Å²) in [6, 6.07) is 6.65. The summed E-state index contributed by atoms with van der Waals surface area (Å²) in [6.07, 6.45) is 2.27. The van der Waals surface area contributed by atoms with Crippen molar-refractivity contribution < 1.29 is 24.2 Å². The van der Waals surface area contributed by atoms with Crippen LogP contribution in [-0.2, 0) is 16.0 Å². The van der Waals surface area contributed by atoms with Gasteiger partial charge in [0, 0.05) is 30.1 Å². The number of ether oxygens (including phenoxy) is 2. The minimum Gasteiger partial charge on any atom is -0.507 e. The first kappa shape index (κ1) is 19.2. The van der Waals surface area contributed by atoms with E-state index in [1.54, 1.807) is 19.1 Å². The van der Waals surface area contributed by atoms with Crippen LogP contribution in [0.3, 0.4) is 0 Å². The topological polar surface area (TPSA) is 77.8 Å². The molecule has 0 aliphatic carbocycles. The van der Waals surface area contributed by atoms with E-state index in [0.717, 1.165) is 37.4 Å². The van der Waals surface area contributed by atoms with E-state index in [1.165, 1.54) is 6.07 Å². The Morgan fingerprint density at radius 3 is 2.74 bits per heavy atom. The van der Waals surface area contributed by atoms with Crippen molar-refractivity contribution in [2.75, 3.05) is 13.2 Å². The molecule has 0 saturated carbocycles. The zero-order chi connectivity index (χ0) is 19.6. The summed E-state index contributed by atoms with van der Waals surface area (Å²) < 4.78 is 12.9. The second-order valence-electron chi connectivity index (χ2n) is 7.00. The molecule has 3 rings (SSSR count). The van der Waals surface area contributed by atoms with Crippen LogP contribution in [0.5, 0.6) is 5.75 Å². The van der Waals surface area contributed by atoms with Gasteiger partial charge in [-0.15, -0.1) is 0 Å². The van der Waals surface area contributed by atoms with Gasteiger partial charge in [-0.1, -0.05) is 12.1 Å². The lowest BCUT2D eigenvalue weighted by atomic mass is 10.1. The first-order chi connectivity index (χ1) is 12.9. The van der Waals surface area contributed by atoms with E-state index in [4.69, 9.17) is 9.47 Å². The van der Waals surface area contributed by atoms with E-state index in [9.17, 15) is 14.7 Å². The minimum atomic E-state index is -0.710. The minimum absolute atomic E-state index is 0.0617. The van der Waals surface area contributed by atoms with Gasteiger partial charge >= 0.3 is 5.97 Å². The molecule has 0 spiro atoms. The molecular weight excluding hydrogens is 346 g/mol. The molecule has 1 aromatic heterocycles. The van der Waals surface area contributed by atoms with E-state index < -0.39 is 5.97 Å². The molecule has 0 radical (unpaired) electrons. The Hall–Kier alpha value is -2.60. The third-order valence-corrected chi connectivity index (χ3v) is 5.08. The molecule has 1 aliphatic heterocycles. The van der Waals surface area contributed by atoms with Crippen LogP contribution in [0.1, 0.15) is 50.5 Å². The molecule has 1 atom stereocenters. The fourth-order valence-electron chi connectivity index (χ4n) is 3.47. The first-order valence-corrected chi connectivity index (χ1v) is 9.15. The van der Waals surface area contributed by atoms with Gasteiger partial charge < -0.3 is 19.1 Å². The lowest BCUT2D eigenvalue weighted by Gasteiger charge is -2.14. The number of phenolic OH excluding ortho intramolecular Hbond substituents is 1. The zero-order valence-corrected chi connectivity index (χ0v) is 15.9. The number of esters is 1. The largest absolute Gasteiger partial charge is 0.507 e. The Morgan fingerprint density at radius 1 is 1.26 bits per heavy atom. The molecule has 1 unspecified atom stereocenters. The number of benzene rings is 1. The van der Waals surface area contributed by atoms with Gasteiger partial charge in [-0.25, -0.2) is 4.79 Å². The number of phenols is 1. The van der Waals surface area contributed by atoms with Gasteiger partial charge in [-0.3, -0.25) is 4.79 Å². The maximum Gasteiger partial charge on any atom is 0.342 e. The van der Waals surface area contributed by atoms with E-state index in [1.807, 2.05) is 19.9 Å². The number of nitrogens with zero attached hydrogens (tertiary/aromatic N) is 1. The molecule has 2 aromatic rings. The van der Waals surface area contributed by atoms with Crippen molar-refractivity contribution in [2.45, 2.75) is 46.3 Å². The fraction of sp³-hybridized carbons (Fsp3) is 0.429. The van der Waals surface area contributed by atoms with Crippen LogP contribution < -0.4 is 0 Å². The lowest BCUT2D eigenvalue weighted by molar-refractivity contribution is 0.0471. The van der Waals surface area contributed by atoms with Crippen LogP contribution in [0.25, 0.3) is 0 Å². The fourth-order valence-corrected chi connectivity index (χ4v) is 3.47. The quantitative estimate of drug-likeness (QED) is 0.622. The van der Waals surface area contributed by atoms with Gasteiger partial charge in [0.1, 0.15) is 11.3 Å². The van der Waals surface area contributed by atoms with E-state index in [2.05, 4.69) is 4.57 Å². The second-order valence-corrected chi connectivity index (χ2v) is 7.00. The third kappa shape index (κ3) is 4.06. The average molecular weight is 371 g/mol. The number of rotatable bonds is 6. The number of aromatic hydroxyl groups is 1. The summed E-state index contributed by atoms with van der Waals surface area (Å²) in [5.74, 6) is -1.09. The van der Waals surface area contributed by atoms with Crippen LogP contribution in [0, 0.1) is 20.8 Å². The Labute approximate surface area is 158 Å². The molecule has 1 N–H and O–H groups in total. The number of carbonyl (C=O) groups is 2. The number of hydrogen-bond donors (Lipinski definition) is 1. The Bertz CT molecular complexity index is 862. The van der Waals surface area contributed by atoms with Crippen molar-refractivity contribution in [1.82, 2.24) is 4.57 Å². The van der Waals surface area contributed by atoms with Crippen molar-refractivity contribution in [3.63, 3.8) is 0 Å². The Morgan fingerprint density at radius 2 is 2.04 bits per heavy atom. The van der Waals surface area contributed by atoms with Gasteiger partial charge in [0.25, 0.3) is 0 Å². The van der Waals surface area contributed by atoms with E-state index in [-0.39, 0.29) is 29.8 Å². The maximum absolute atomic E-state index is 12.6. The number of para-hydroxylation sites is 1. The van der Waals surface area contributed by atoms with Crippen molar-refractivity contribution in [3.8, 4) is 5.75 Å². The molecule has 1 aromatic carbocycles. The normalized spacial score (nSPS) is 16.5. The zero-order valence-electron chi connectivity index (χ0n) is 15.9. The van der Waals surface area contributed by atoms with Crippen LogP contribution in [0.2, 0.25) is 0 Å². The van der Waals surface area contributed by atoms with Crippen molar-refractivity contribution in [3.05, 3.63) is 52.3 Å². The standard InChI is InChI=1S/C21H25NO5/c1-13-6-4-8-17(20(13)24)21(25)27-12-19(23)18-10-14(2)22(15(18)3)11-16-7-5-9-26-16/h4,6,8,10,16,24H,5,7,9,11-12H2,1-3H3. The van der Waals surface area contributed by atoms with Gasteiger partial charge in [0.05, 0.1) is 6.10 Å². The molecular formula is C21H25NO5. The highest BCUT2D eigenvalue weighted by molar-refractivity contribution is 6.01. The van der Waals surface area contributed by atoms with Gasteiger partial charge in [-0.05, 0) is 51.3 Å². The highest BCUT2D eigenvalue weighted by Crippen LogP contribution is 2.23. The molecule has 6 heteroatoms.